The lowest BCUT2D eigenvalue weighted by molar-refractivity contribution is 0.262. The molecule has 4 heteroatoms. The van der Waals surface area contributed by atoms with Crippen molar-refractivity contribution in [1.29, 1.82) is 0 Å². The van der Waals surface area contributed by atoms with E-state index in [0.717, 1.165) is 26.8 Å². The van der Waals surface area contributed by atoms with Crippen LogP contribution >= 0.6 is 0 Å². The van der Waals surface area contributed by atoms with Crippen LogP contribution in [0.3, 0.4) is 0 Å². The van der Waals surface area contributed by atoms with Gasteiger partial charge in [0.05, 0.1) is 29.3 Å². The summed E-state index contributed by atoms with van der Waals surface area (Å²) in [5, 5.41) is 1.25. The molecule has 0 aliphatic carbocycles. The standard InChI is InChI=1S/C17H28O3Si/c1-5-9-10-13-21-15-12-11-14(18-6-2)16(19-7-3)17(15)20-8-4/h11-12H,5-10,13H2,1-4H3. The van der Waals surface area contributed by atoms with Gasteiger partial charge in [0.25, 0.3) is 0 Å². The van der Waals surface area contributed by atoms with Crippen molar-refractivity contribution in [2.75, 3.05) is 19.8 Å². The summed E-state index contributed by atoms with van der Waals surface area (Å²) in [7, 11) is 0.762. The fourth-order valence-corrected chi connectivity index (χ4v) is 3.36. The Morgan fingerprint density at radius 2 is 1.48 bits per heavy atom. The van der Waals surface area contributed by atoms with Crippen LogP contribution < -0.4 is 19.4 Å². The summed E-state index contributed by atoms with van der Waals surface area (Å²) in [6.45, 7) is 10.1. The highest BCUT2D eigenvalue weighted by Crippen LogP contribution is 2.36. The number of hydrogen-bond acceptors (Lipinski definition) is 3. The zero-order valence-electron chi connectivity index (χ0n) is 13.8. The van der Waals surface area contributed by atoms with Gasteiger partial charge in [-0.05, 0) is 32.0 Å². The van der Waals surface area contributed by atoms with Gasteiger partial charge in [-0.25, -0.2) is 0 Å². The molecule has 1 aromatic rings. The van der Waals surface area contributed by atoms with Crippen LogP contribution in [0, 0.1) is 0 Å². The Kier molecular flexibility index (Phi) is 8.98. The van der Waals surface area contributed by atoms with Crippen LogP contribution in [0.4, 0.5) is 0 Å². The lowest BCUT2D eigenvalue weighted by Crippen LogP contribution is -2.19. The van der Waals surface area contributed by atoms with Crippen molar-refractivity contribution in [2.24, 2.45) is 0 Å². The third-order valence-electron chi connectivity index (χ3n) is 3.05. The smallest absolute Gasteiger partial charge is 0.203 e. The first-order valence-electron chi connectivity index (χ1n) is 8.07. The lowest BCUT2D eigenvalue weighted by atomic mass is 10.3. The van der Waals surface area contributed by atoms with Gasteiger partial charge >= 0.3 is 0 Å². The van der Waals surface area contributed by atoms with E-state index in [-0.39, 0.29) is 0 Å². The molecule has 0 aliphatic rings. The predicted molar refractivity (Wildman–Crippen MR) is 89.7 cm³/mol. The predicted octanol–water partition coefficient (Wildman–Crippen LogP) is 3.82. The lowest BCUT2D eigenvalue weighted by Gasteiger charge is -2.18. The SMILES string of the molecule is CCCCC[Si]c1ccc(OCC)c(OCC)c1OCC. The number of hydrogen-bond donors (Lipinski definition) is 0. The van der Waals surface area contributed by atoms with E-state index < -0.39 is 0 Å². The van der Waals surface area contributed by atoms with Crippen LogP contribution in [0.25, 0.3) is 0 Å². The summed E-state index contributed by atoms with van der Waals surface area (Å²) in [5.74, 6) is 2.42. The van der Waals surface area contributed by atoms with Crippen LogP contribution in [0.1, 0.15) is 47.0 Å². The highest BCUT2D eigenvalue weighted by Gasteiger charge is 2.17. The second kappa shape index (κ2) is 10.5. The maximum absolute atomic E-state index is 5.87. The van der Waals surface area contributed by atoms with E-state index in [9.17, 15) is 0 Å². The van der Waals surface area contributed by atoms with Crippen LogP contribution in [0.15, 0.2) is 12.1 Å². The first kappa shape index (κ1) is 17.9. The van der Waals surface area contributed by atoms with Crippen LogP contribution in [0.5, 0.6) is 17.2 Å². The van der Waals surface area contributed by atoms with Gasteiger partial charge in [0, 0.05) is 0 Å². The minimum atomic E-state index is 0.614. The quantitative estimate of drug-likeness (QED) is 0.459. The summed E-state index contributed by atoms with van der Waals surface area (Å²) in [4.78, 5) is 0. The molecule has 0 saturated heterocycles. The van der Waals surface area contributed by atoms with Crippen LogP contribution in [0.2, 0.25) is 6.04 Å². The van der Waals surface area contributed by atoms with E-state index in [0.29, 0.717) is 19.8 Å². The van der Waals surface area contributed by atoms with Gasteiger partial charge in [-0.3, -0.25) is 0 Å². The van der Waals surface area contributed by atoms with Crippen molar-refractivity contribution < 1.29 is 14.2 Å². The minimum Gasteiger partial charge on any atom is -0.490 e. The minimum absolute atomic E-state index is 0.614. The summed E-state index contributed by atoms with van der Waals surface area (Å²) >= 11 is 0. The van der Waals surface area contributed by atoms with E-state index in [2.05, 4.69) is 13.0 Å². The van der Waals surface area contributed by atoms with Gasteiger partial charge in [0.15, 0.2) is 11.5 Å². The Morgan fingerprint density at radius 1 is 0.810 bits per heavy atom. The molecular formula is C17H28O3Si. The summed E-state index contributed by atoms with van der Waals surface area (Å²) in [5.41, 5.74) is 0. The Hall–Kier alpha value is -1.16. The maximum Gasteiger partial charge on any atom is 0.203 e. The largest absolute Gasteiger partial charge is 0.490 e. The van der Waals surface area contributed by atoms with E-state index in [4.69, 9.17) is 14.2 Å². The molecule has 0 fully saturated rings. The Morgan fingerprint density at radius 3 is 2.10 bits per heavy atom. The molecule has 0 heterocycles. The summed E-state index contributed by atoms with van der Waals surface area (Å²) in [6.07, 6.45) is 3.83. The molecule has 0 N–H and O–H groups in total. The van der Waals surface area contributed by atoms with Crippen molar-refractivity contribution in [3.05, 3.63) is 12.1 Å². The molecule has 0 aliphatic heterocycles. The van der Waals surface area contributed by atoms with Crippen molar-refractivity contribution >= 4 is 14.7 Å². The molecule has 0 aromatic heterocycles. The fourth-order valence-electron chi connectivity index (χ4n) is 2.12. The Bertz CT molecular complexity index is 407. The summed E-state index contributed by atoms with van der Waals surface area (Å²) < 4.78 is 17.3. The molecule has 0 atom stereocenters. The second-order valence-corrected chi connectivity index (χ2v) is 6.09. The Labute approximate surface area is 131 Å². The van der Waals surface area contributed by atoms with Crippen LogP contribution in [-0.2, 0) is 0 Å². The fraction of sp³-hybridized carbons (Fsp3) is 0.647. The first-order valence-corrected chi connectivity index (χ1v) is 9.28. The molecule has 0 amide bonds. The average molecular weight is 308 g/mol. The topological polar surface area (TPSA) is 27.7 Å². The van der Waals surface area contributed by atoms with Crippen LogP contribution in [-0.4, -0.2) is 29.3 Å². The molecule has 0 spiro atoms. The molecule has 2 radical (unpaired) electrons. The van der Waals surface area contributed by atoms with Crippen molar-refractivity contribution in [3.8, 4) is 17.2 Å². The Balaban J connectivity index is 2.97. The zero-order valence-corrected chi connectivity index (χ0v) is 14.8. The van der Waals surface area contributed by atoms with Crippen molar-refractivity contribution in [2.45, 2.75) is 53.0 Å². The monoisotopic (exact) mass is 308 g/mol. The molecule has 0 saturated carbocycles. The van der Waals surface area contributed by atoms with E-state index in [1.54, 1.807) is 0 Å². The third kappa shape index (κ3) is 5.62. The molecular weight excluding hydrogens is 280 g/mol. The van der Waals surface area contributed by atoms with Gasteiger partial charge < -0.3 is 14.2 Å². The maximum atomic E-state index is 5.87. The third-order valence-corrected chi connectivity index (χ3v) is 4.43. The molecule has 1 aromatic carbocycles. The second-order valence-electron chi connectivity index (χ2n) is 4.70. The van der Waals surface area contributed by atoms with E-state index in [1.807, 2.05) is 26.8 Å². The molecule has 0 bridgehead atoms. The van der Waals surface area contributed by atoms with E-state index >= 15 is 0 Å². The average Bonchev–Trinajstić information content (AvgIpc) is 2.49. The molecule has 118 valence electrons. The number of unbranched alkanes of at least 4 members (excludes halogenated alkanes) is 2. The molecule has 0 unspecified atom stereocenters. The number of rotatable bonds is 11. The highest BCUT2D eigenvalue weighted by molar-refractivity contribution is 6.54. The first-order chi connectivity index (χ1) is 10.3. The zero-order chi connectivity index (χ0) is 15.5. The molecule has 1 rings (SSSR count). The van der Waals surface area contributed by atoms with Crippen molar-refractivity contribution in [3.63, 3.8) is 0 Å². The van der Waals surface area contributed by atoms with Gasteiger partial charge in [-0.2, -0.15) is 0 Å². The van der Waals surface area contributed by atoms with Gasteiger partial charge in [0.2, 0.25) is 5.75 Å². The van der Waals surface area contributed by atoms with Crippen molar-refractivity contribution in [1.82, 2.24) is 0 Å². The van der Waals surface area contributed by atoms with Gasteiger partial charge in [-0.15, -0.1) is 0 Å². The summed E-state index contributed by atoms with van der Waals surface area (Å²) in [6, 6.07) is 5.36. The normalized spacial score (nSPS) is 10.5. The van der Waals surface area contributed by atoms with Gasteiger partial charge in [0.1, 0.15) is 0 Å². The molecule has 21 heavy (non-hydrogen) atoms. The number of benzene rings is 1. The number of ether oxygens (including phenoxy) is 3. The highest BCUT2D eigenvalue weighted by atomic mass is 28.2. The molecule has 3 nitrogen and oxygen atoms in total. The van der Waals surface area contributed by atoms with E-state index in [1.165, 1.54) is 30.5 Å². The van der Waals surface area contributed by atoms with Gasteiger partial charge in [-0.1, -0.05) is 38.3 Å².